The van der Waals surface area contributed by atoms with Crippen molar-refractivity contribution in [2.24, 2.45) is 0 Å². The highest BCUT2D eigenvalue weighted by atomic mass is 16.5. The molecule has 2 aromatic heterocycles. The summed E-state index contributed by atoms with van der Waals surface area (Å²) in [6, 6.07) is 13.0. The molecule has 2 heterocycles. The molecule has 0 saturated heterocycles. The first-order valence-electron chi connectivity index (χ1n) is 9.87. The van der Waals surface area contributed by atoms with E-state index in [1.165, 1.54) is 15.6 Å². The number of hydrogen-bond acceptors (Lipinski definition) is 6. The number of nitrogens with zero attached hydrogens (tertiary/aromatic N) is 5. The standard InChI is InChI=1S/C22H22N6O3/c1-4-31-17-9-7-16(8-10-17)28-21-20(25-26-28)22(30)27(13-23-21)12-19(29)24-18-11-14(2)5-6-15(18)3/h5-11,13H,4,12H2,1-3H3,(H,24,29). The van der Waals surface area contributed by atoms with Gasteiger partial charge in [-0.25, -0.2) is 4.98 Å². The van der Waals surface area contributed by atoms with Crippen LogP contribution in [0.1, 0.15) is 18.1 Å². The Morgan fingerprint density at radius 2 is 1.90 bits per heavy atom. The summed E-state index contributed by atoms with van der Waals surface area (Å²) >= 11 is 0. The molecular weight excluding hydrogens is 396 g/mol. The van der Waals surface area contributed by atoms with Gasteiger partial charge in [-0.3, -0.25) is 14.2 Å². The van der Waals surface area contributed by atoms with Crippen molar-refractivity contribution in [1.29, 1.82) is 0 Å². The van der Waals surface area contributed by atoms with Crippen LogP contribution in [-0.2, 0) is 11.3 Å². The maximum absolute atomic E-state index is 12.8. The number of nitrogens with one attached hydrogen (secondary N) is 1. The van der Waals surface area contributed by atoms with Crippen molar-refractivity contribution in [1.82, 2.24) is 24.5 Å². The van der Waals surface area contributed by atoms with Gasteiger partial charge < -0.3 is 10.1 Å². The maximum atomic E-state index is 12.8. The molecule has 4 aromatic rings. The number of carbonyl (C=O) groups is 1. The number of carbonyl (C=O) groups excluding carboxylic acids is 1. The normalized spacial score (nSPS) is 10.9. The Bertz CT molecular complexity index is 1310. The van der Waals surface area contributed by atoms with Gasteiger partial charge in [-0.2, -0.15) is 4.68 Å². The number of anilines is 1. The van der Waals surface area contributed by atoms with E-state index in [1.807, 2.05) is 63.2 Å². The van der Waals surface area contributed by atoms with Crippen molar-refractivity contribution in [3.05, 3.63) is 70.3 Å². The third-order valence-electron chi connectivity index (χ3n) is 4.80. The van der Waals surface area contributed by atoms with Crippen molar-refractivity contribution < 1.29 is 9.53 Å². The Morgan fingerprint density at radius 1 is 1.13 bits per heavy atom. The summed E-state index contributed by atoms with van der Waals surface area (Å²) in [4.78, 5) is 29.6. The van der Waals surface area contributed by atoms with Gasteiger partial charge in [0.05, 0.1) is 12.3 Å². The molecular formula is C22H22N6O3. The Morgan fingerprint density at radius 3 is 2.65 bits per heavy atom. The summed E-state index contributed by atoms with van der Waals surface area (Å²) in [6.07, 6.45) is 1.34. The number of fused-ring (bicyclic) bond motifs is 1. The smallest absolute Gasteiger partial charge is 0.284 e. The lowest BCUT2D eigenvalue weighted by atomic mass is 10.1. The third kappa shape index (κ3) is 4.16. The topological polar surface area (TPSA) is 104 Å². The summed E-state index contributed by atoms with van der Waals surface area (Å²) < 4.78 is 8.14. The van der Waals surface area contributed by atoms with Crippen LogP contribution in [0.4, 0.5) is 5.69 Å². The van der Waals surface area contributed by atoms with Crippen molar-refractivity contribution in [3.63, 3.8) is 0 Å². The zero-order valence-corrected chi connectivity index (χ0v) is 17.5. The van der Waals surface area contributed by atoms with Crippen LogP contribution in [0, 0.1) is 13.8 Å². The lowest BCUT2D eigenvalue weighted by molar-refractivity contribution is -0.116. The second-order valence-electron chi connectivity index (χ2n) is 7.14. The van der Waals surface area contributed by atoms with Crippen molar-refractivity contribution in [3.8, 4) is 11.4 Å². The fraction of sp³-hybridized carbons (Fsp3) is 0.227. The summed E-state index contributed by atoms with van der Waals surface area (Å²) in [5.41, 5.74) is 3.37. The number of amides is 1. The molecule has 0 aliphatic heterocycles. The quantitative estimate of drug-likeness (QED) is 0.516. The Labute approximate surface area is 178 Å². The predicted octanol–water partition coefficient (Wildman–Crippen LogP) is 2.63. The molecule has 0 atom stereocenters. The van der Waals surface area contributed by atoms with Gasteiger partial charge in [0.25, 0.3) is 5.56 Å². The van der Waals surface area contributed by atoms with Crippen LogP contribution in [0.5, 0.6) is 5.75 Å². The molecule has 31 heavy (non-hydrogen) atoms. The minimum Gasteiger partial charge on any atom is -0.494 e. The van der Waals surface area contributed by atoms with E-state index in [9.17, 15) is 9.59 Å². The third-order valence-corrected chi connectivity index (χ3v) is 4.80. The van der Waals surface area contributed by atoms with Crippen LogP contribution in [0.25, 0.3) is 16.9 Å². The van der Waals surface area contributed by atoms with E-state index in [0.29, 0.717) is 23.6 Å². The molecule has 0 aliphatic carbocycles. The van der Waals surface area contributed by atoms with Gasteiger partial charge >= 0.3 is 0 Å². The van der Waals surface area contributed by atoms with E-state index in [0.717, 1.165) is 16.9 Å². The fourth-order valence-corrected chi connectivity index (χ4v) is 3.20. The van der Waals surface area contributed by atoms with Crippen molar-refractivity contribution in [2.45, 2.75) is 27.3 Å². The van der Waals surface area contributed by atoms with E-state index in [-0.39, 0.29) is 18.0 Å². The van der Waals surface area contributed by atoms with Crippen LogP contribution in [-0.4, -0.2) is 37.1 Å². The van der Waals surface area contributed by atoms with Crippen LogP contribution in [0.3, 0.4) is 0 Å². The van der Waals surface area contributed by atoms with Gasteiger partial charge in [0.1, 0.15) is 18.6 Å². The van der Waals surface area contributed by atoms with Gasteiger partial charge in [0.15, 0.2) is 11.2 Å². The first-order chi connectivity index (χ1) is 15.0. The summed E-state index contributed by atoms with van der Waals surface area (Å²) in [7, 11) is 0. The lowest BCUT2D eigenvalue weighted by Gasteiger charge is -2.10. The second-order valence-corrected chi connectivity index (χ2v) is 7.14. The van der Waals surface area contributed by atoms with E-state index in [1.54, 1.807) is 0 Å². The second kappa shape index (κ2) is 8.39. The minimum atomic E-state index is -0.432. The number of ether oxygens (including phenoxy) is 1. The molecule has 158 valence electrons. The first kappa shape index (κ1) is 20.3. The Kier molecular flexibility index (Phi) is 5.48. The minimum absolute atomic E-state index is 0.0934. The van der Waals surface area contributed by atoms with Crippen molar-refractivity contribution >= 4 is 22.8 Å². The number of aromatic nitrogens is 5. The Hall–Kier alpha value is -4.01. The summed E-state index contributed by atoms with van der Waals surface area (Å²) in [5, 5.41) is 10.9. The highest BCUT2D eigenvalue weighted by Gasteiger charge is 2.15. The van der Waals surface area contributed by atoms with Crippen molar-refractivity contribution in [2.75, 3.05) is 11.9 Å². The van der Waals surface area contributed by atoms with E-state index < -0.39 is 5.56 Å². The van der Waals surface area contributed by atoms with Crippen LogP contribution >= 0.6 is 0 Å². The summed E-state index contributed by atoms with van der Waals surface area (Å²) in [6.45, 7) is 6.17. The Balaban J connectivity index is 1.58. The predicted molar refractivity (Wildman–Crippen MR) is 117 cm³/mol. The van der Waals surface area contributed by atoms with Crippen LogP contribution in [0.15, 0.2) is 53.6 Å². The summed E-state index contributed by atoms with van der Waals surface area (Å²) in [5.74, 6) is 0.414. The number of hydrogen-bond donors (Lipinski definition) is 1. The van der Waals surface area contributed by atoms with Gasteiger partial charge in [0, 0.05) is 5.69 Å². The molecule has 4 rings (SSSR count). The van der Waals surface area contributed by atoms with Gasteiger partial charge in [-0.1, -0.05) is 17.3 Å². The zero-order valence-electron chi connectivity index (χ0n) is 17.5. The highest BCUT2D eigenvalue weighted by Crippen LogP contribution is 2.18. The van der Waals surface area contributed by atoms with Gasteiger partial charge in [0.2, 0.25) is 5.91 Å². The molecule has 2 aromatic carbocycles. The molecule has 9 nitrogen and oxygen atoms in total. The molecule has 1 N–H and O–H groups in total. The largest absolute Gasteiger partial charge is 0.494 e. The molecule has 0 fully saturated rings. The van der Waals surface area contributed by atoms with E-state index in [2.05, 4.69) is 20.6 Å². The SMILES string of the molecule is CCOc1ccc(-n2nnc3c(=O)n(CC(=O)Nc4cc(C)ccc4C)cnc32)cc1. The lowest BCUT2D eigenvalue weighted by Crippen LogP contribution is -2.28. The molecule has 0 unspecified atom stereocenters. The molecule has 0 spiro atoms. The van der Waals surface area contributed by atoms with Gasteiger partial charge in [-0.05, 0) is 62.2 Å². The van der Waals surface area contributed by atoms with Crippen LogP contribution in [0.2, 0.25) is 0 Å². The van der Waals surface area contributed by atoms with E-state index in [4.69, 9.17) is 4.74 Å². The van der Waals surface area contributed by atoms with Crippen LogP contribution < -0.4 is 15.6 Å². The molecule has 0 radical (unpaired) electrons. The first-order valence-corrected chi connectivity index (χ1v) is 9.87. The fourth-order valence-electron chi connectivity index (χ4n) is 3.20. The highest BCUT2D eigenvalue weighted by molar-refractivity contribution is 5.91. The van der Waals surface area contributed by atoms with E-state index >= 15 is 0 Å². The van der Waals surface area contributed by atoms with Gasteiger partial charge in [-0.15, -0.1) is 5.10 Å². The molecule has 9 heteroatoms. The molecule has 0 aliphatic rings. The average molecular weight is 418 g/mol. The molecule has 1 amide bonds. The molecule has 0 saturated carbocycles. The number of rotatable bonds is 6. The molecule has 0 bridgehead atoms. The zero-order chi connectivity index (χ0) is 22.0. The number of aryl methyl sites for hydroxylation is 2. The monoisotopic (exact) mass is 418 g/mol. The maximum Gasteiger partial charge on any atom is 0.284 e. The average Bonchev–Trinajstić information content (AvgIpc) is 3.18. The number of benzene rings is 2.